The molecule has 0 aliphatic carbocycles. The predicted octanol–water partition coefficient (Wildman–Crippen LogP) is 2.47. The first-order valence-corrected chi connectivity index (χ1v) is 8.09. The van der Waals surface area contributed by atoms with Gasteiger partial charge >= 0.3 is 0 Å². The van der Waals surface area contributed by atoms with Crippen molar-refractivity contribution < 1.29 is 4.79 Å². The number of hydrogen-bond acceptors (Lipinski definition) is 4. The summed E-state index contributed by atoms with van der Waals surface area (Å²) in [5.41, 5.74) is 0.530. The maximum atomic E-state index is 12.2. The van der Waals surface area contributed by atoms with E-state index >= 15 is 0 Å². The number of aromatic nitrogens is 3. The third-order valence-electron chi connectivity index (χ3n) is 3.40. The van der Waals surface area contributed by atoms with Crippen molar-refractivity contribution in [1.29, 1.82) is 0 Å². The van der Waals surface area contributed by atoms with E-state index in [9.17, 15) is 4.79 Å². The Hall–Kier alpha value is -1.63. The van der Waals surface area contributed by atoms with Crippen molar-refractivity contribution in [3.8, 4) is 5.69 Å². The Kier molecular flexibility index (Phi) is 5.98. The second kappa shape index (κ2) is 7.77. The number of carbonyl (C=O) groups excluding carboxylic acids is 1. The van der Waals surface area contributed by atoms with E-state index in [4.69, 9.17) is 23.2 Å². The van der Waals surface area contributed by atoms with Crippen LogP contribution in [0.3, 0.4) is 0 Å². The lowest BCUT2D eigenvalue weighted by Crippen LogP contribution is -2.37. The highest BCUT2D eigenvalue weighted by molar-refractivity contribution is 6.37. The number of benzene rings is 1. The summed E-state index contributed by atoms with van der Waals surface area (Å²) in [7, 11) is 1.83. The van der Waals surface area contributed by atoms with Crippen LogP contribution >= 0.6 is 23.2 Å². The molecule has 0 radical (unpaired) electrons. The van der Waals surface area contributed by atoms with Crippen LogP contribution in [0.5, 0.6) is 0 Å². The van der Waals surface area contributed by atoms with Crippen molar-refractivity contribution in [1.82, 2.24) is 25.4 Å². The number of nitrogens with one attached hydrogen (secondary N) is 2. The first-order valence-electron chi connectivity index (χ1n) is 7.33. The lowest BCUT2D eigenvalue weighted by Gasteiger charge is -2.10. The average molecular weight is 356 g/mol. The molecule has 0 bridgehead atoms. The quantitative estimate of drug-likeness (QED) is 0.834. The standard InChI is InChI=1S/C15H19Cl2N5O/c1-4-12-20-14(15(23)19-8-9(2)18-3)21-22(12)13-10(16)6-5-7-11(13)17/h5-7,9,18H,4,8H2,1-3H3,(H,19,23). The van der Waals surface area contributed by atoms with Gasteiger partial charge in [-0.25, -0.2) is 9.67 Å². The molecule has 124 valence electrons. The molecular weight excluding hydrogens is 337 g/mol. The molecule has 1 amide bonds. The highest BCUT2D eigenvalue weighted by Crippen LogP contribution is 2.28. The number of nitrogens with zero attached hydrogens (tertiary/aromatic N) is 3. The zero-order chi connectivity index (χ0) is 17.0. The van der Waals surface area contributed by atoms with Gasteiger partial charge in [0.15, 0.2) is 0 Å². The number of carbonyl (C=O) groups is 1. The van der Waals surface area contributed by atoms with Crippen molar-refractivity contribution in [3.63, 3.8) is 0 Å². The summed E-state index contributed by atoms with van der Waals surface area (Å²) in [6.07, 6.45) is 0.592. The predicted molar refractivity (Wildman–Crippen MR) is 91.6 cm³/mol. The van der Waals surface area contributed by atoms with E-state index in [-0.39, 0.29) is 17.8 Å². The number of halogens is 2. The molecule has 0 saturated carbocycles. The molecule has 1 heterocycles. The molecule has 8 heteroatoms. The van der Waals surface area contributed by atoms with Crippen molar-refractivity contribution in [2.24, 2.45) is 0 Å². The Morgan fingerprint density at radius 1 is 1.35 bits per heavy atom. The van der Waals surface area contributed by atoms with E-state index in [1.165, 1.54) is 4.68 Å². The van der Waals surface area contributed by atoms with E-state index < -0.39 is 0 Å². The molecule has 6 nitrogen and oxygen atoms in total. The third-order valence-corrected chi connectivity index (χ3v) is 4.01. The molecule has 1 aromatic carbocycles. The fourth-order valence-corrected chi connectivity index (χ4v) is 2.52. The number of aryl methyl sites for hydroxylation is 1. The minimum atomic E-state index is -0.330. The summed E-state index contributed by atoms with van der Waals surface area (Å²) < 4.78 is 1.53. The van der Waals surface area contributed by atoms with Gasteiger partial charge in [0.1, 0.15) is 11.5 Å². The Labute approximate surface area is 145 Å². The summed E-state index contributed by atoms with van der Waals surface area (Å²) in [6.45, 7) is 4.38. The van der Waals surface area contributed by atoms with Gasteiger partial charge in [-0.2, -0.15) is 0 Å². The maximum absolute atomic E-state index is 12.2. The molecule has 23 heavy (non-hydrogen) atoms. The Bertz CT molecular complexity index is 681. The molecule has 2 rings (SSSR count). The Morgan fingerprint density at radius 3 is 2.57 bits per heavy atom. The smallest absolute Gasteiger partial charge is 0.291 e. The Balaban J connectivity index is 2.33. The largest absolute Gasteiger partial charge is 0.348 e. The molecule has 0 aliphatic heterocycles. The minimum Gasteiger partial charge on any atom is -0.348 e. The zero-order valence-corrected chi connectivity index (χ0v) is 14.7. The average Bonchev–Trinajstić information content (AvgIpc) is 2.96. The van der Waals surface area contributed by atoms with Crippen molar-refractivity contribution in [2.45, 2.75) is 26.3 Å². The summed E-state index contributed by atoms with van der Waals surface area (Å²) >= 11 is 12.4. The van der Waals surface area contributed by atoms with Crippen LogP contribution in [0.25, 0.3) is 5.69 Å². The molecule has 0 spiro atoms. The van der Waals surface area contributed by atoms with Gasteiger partial charge in [-0.3, -0.25) is 4.79 Å². The molecule has 0 saturated heterocycles. The van der Waals surface area contributed by atoms with Gasteiger partial charge in [0.05, 0.1) is 10.0 Å². The first kappa shape index (κ1) is 17.7. The fraction of sp³-hybridized carbons (Fsp3) is 0.400. The van der Waals surface area contributed by atoms with E-state index in [2.05, 4.69) is 20.7 Å². The molecule has 2 N–H and O–H groups in total. The van der Waals surface area contributed by atoms with Gasteiger partial charge in [-0.15, -0.1) is 5.10 Å². The monoisotopic (exact) mass is 355 g/mol. The molecule has 1 unspecified atom stereocenters. The van der Waals surface area contributed by atoms with Crippen LogP contribution in [-0.4, -0.2) is 40.3 Å². The molecule has 0 fully saturated rings. The van der Waals surface area contributed by atoms with Gasteiger partial charge in [-0.1, -0.05) is 36.2 Å². The SMILES string of the molecule is CCc1nc(C(=O)NCC(C)NC)nn1-c1c(Cl)cccc1Cl. The van der Waals surface area contributed by atoms with E-state index in [1.807, 2.05) is 20.9 Å². The van der Waals surface area contributed by atoms with Crippen LogP contribution in [0.4, 0.5) is 0 Å². The normalized spacial score (nSPS) is 12.2. The number of likely N-dealkylation sites (N-methyl/N-ethyl adjacent to an activating group) is 1. The highest BCUT2D eigenvalue weighted by atomic mass is 35.5. The lowest BCUT2D eigenvalue weighted by molar-refractivity contribution is 0.0940. The van der Waals surface area contributed by atoms with Crippen LogP contribution in [0.15, 0.2) is 18.2 Å². The number of rotatable bonds is 6. The molecule has 0 aliphatic rings. The second-order valence-corrected chi connectivity index (χ2v) is 5.90. The maximum Gasteiger partial charge on any atom is 0.291 e. The fourth-order valence-electron chi connectivity index (χ4n) is 1.97. The van der Waals surface area contributed by atoms with Gasteiger partial charge in [0, 0.05) is 19.0 Å². The van der Waals surface area contributed by atoms with Gasteiger partial charge in [-0.05, 0) is 26.1 Å². The van der Waals surface area contributed by atoms with Crippen LogP contribution in [0.2, 0.25) is 10.0 Å². The van der Waals surface area contributed by atoms with E-state index in [0.29, 0.717) is 34.5 Å². The minimum absolute atomic E-state index is 0.0983. The van der Waals surface area contributed by atoms with Crippen molar-refractivity contribution >= 4 is 29.1 Å². The number of amides is 1. The number of para-hydroxylation sites is 1. The van der Waals surface area contributed by atoms with Crippen LogP contribution < -0.4 is 10.6 Å². The summed E-state index contributed by atoms with van der Waals surface area (Å²) in [4.78, 5) is 16.5. The van der Waals surface area contributed by atoms with Crippen LogP contribution in [0, 0.1) is 0 Å². The topological polar surface area (TPSA) is 71.8 Å². The Morgan fingerprint density at radius 2 is 2.00 bits per heavy atom. The summed E-state index contributed by atoms with van der Waals surface area (Å²) in [5.74, 6) is 0.386. The van der Waals surface area contributed by atoms with Gasteiger partial charge in [0.25, 0.3) is 5.91 Å². The summed E-state index contributed by atoms with van der Waals surface area (Å²) in [6, 6.07) is 5.35. The molecule has 1 aromatic heterocycles. The van der Waals surface area contributed by atoms with Crippen molar-refractivity contribution in [3.05, 3.63) is 39.9 Å². The second-order valence-electron chi connectivity index (χ2n) is 5.09. The van der Waals surface area contributed by atoms with Gasteiger partial charge in [0.2, 0.25) is 5.82 Å². The molecule has 1 atom stereocenters. The summed E-state index contributed by atoms with van der Waals surface area (Å²) in [5, 5.41) is 11.0. The van der Waals surface area contributed by atoms with Crippen LogP contribution in [0.1, 0.15) is 30.3 Å². The molecular formula is C15H19Cl2N5O. The van der Waals surface area contributed by atoms with Crippen LogP contribution in [-0.2, 0) is 6.42 Å². The van der Waals surface area contributed by atoms with E-state index in [0.717, 1.165) is 0 Å². The van der Waals surface area contributed by atoms with Gasteiger partial charge < -0.3 is 10.6 Å². The first-order chi connectivity index (χ1) is 11.0. The third kappa shape index (κ3) is 4.02. The number of hydrogen-bond donors (Lipinski definition) is 2. The highest BCUT2D eigenvalue weighted by Gasteiger charge is 2.19. The zero-order valence-electron chi connectivity index (χ0n) is 13.2. The van der Waals surface area contributed by atoms with Crippen molar-refractivity contribution in [2.75, 3.05) is 13.6 Å². The van der Waals surface area contributed by atoms with E-state index in [1.54, 1.807) is 18.2 Å². The molecule has 2 aromatic rings. The lowest BCUT2D eigenvalue weighted by atomic mass is 10.3.